The smallest absolute Gasteiger partial charge is 0.0935 e. The van der Waals surface area contributed by atoms with Crippen molar-refractivity contribution < 1.29 is 0 Å². The molecule has 0 atom stereocenters. The summed E-state index contributed by atoms with van der Waals surface area (Å²) in [6.07, 6.45) is 23.2. The van der Waals surface area contributed by atoms with Crippen LogP contribution in [0, 0.1) is 0 Å². The van der Waals surface area contributed by atoms with Gasteiger partial charge in [-0.3, -0.25) is 0 Å². The molecule has 0 aromatic heterocycles. The van der Waals surface area contributed by atoms with Gasteiger partial charge in [-0.15, -0.1) is 0 Å². The molecule has 0 aromatic rings. The van der Waals surface area contributed by atoms with E-state index in [0.717, 1.165) is 6.67 Å². The van der Waals surface area contributed by atoms with Gasteiger partial charge in [0.05, 0.1) is 6.67 Å². The van der Waals surface area contributed by atoms with Crippen molar-refractivity contribution in [2.45, 2.75) is 84.0 Å². The van der Waals surface area contributed by atoms with Crippen LogP contribution < -0.4 is 0 Å². The van der Waals surface area contributed by atoms with Crippen molar-refractivity contribution in [3.05, 3.63) is 25.2 Å². The fourth-order valence-electron chi connectivity index (χ4n) is 2.90. The molecular weight excluding hydrogens is 256 g/mol. The first-order valence-corrected chi connectivity index (χ1v) is 9.17. The highest BCUT2D eigenvalue weighted by Crippen LogP contribution is 2.13. The summed E-state index contributed by atoms with van der Waals surface area (Å²) in [5, 5.41) is 0. The maximum Gasteiger partial charge on any atom is 0.0935 e. The number of rotatable bonds is 14. The second-order valence-electron chi connectivity index (χ2n) is 6.34. The van der Waals surface area contributed by atoms with E-state index in [4.69, 9.17) is 0 Å². The van der Waals surface area contributed by atoms with Crippen LogP contribution in [0.25, 0.3) is 0 Å². The maximum atomic E-state index is 3.79. The first-order valence-electron chi connectivity index (χ1n) is 9.17. The van der Waals surface area contributed by atoms with E-state index in [1.165, 1.54) is 83.6 Å². The Hall–Kier alpha value is -0.920. The van der Waals surface area contributed by atoms with Crippen LogP contribution in [0.2, 0.25) is 0 Å². The normalized spacial score (nSPS) is 14.1. The Morgan fingerprint density at radius 2 is 1.33 bits per heavy atom. The van der Waals surface area contributed by atoms with Crippen molar-refractivity contribution in [2.24, 2.45) is 0 Å². The SMILES string of the molecule is C=CN1C=CN(CCCCCCCCCCCCCC)C1. The Morgan fingerprint density at radius 1 is 0.810 bits per heavy atom. The van der Waals surface area contributed by atoms with Gasteiger partial charge in [0.2, 0.25) is 0 Å². The zero-order valence-corrected chi connectivity index (χ0v) is 14.2. The predicted molar refractivity (Wildman–Crippen MR) is 93.8 cm³/mol. The Labute approximate surface area is 132 Å². The van der Waals surface area contributed by atoms with Crippen LogP contribution in [0.5, 0.6) is 0 Å². The van der Waals surface area contributed by atoms with Gasteiger partial charge < -0.3 is 9.80 Å². The molecule has 122 valence electrons. The fourth-order valence-corrected chi connectivity index (χ4v) is 2.90. The lowest BCUT2D eigenvalue weighted by molar-refractivity contribution is 0.307. The topological polar surface area (TPSA) is 6.48 Å². The molecule has 0 aliphatic carbocycles. The average Bonchev–Trinajstić information content (AvgIpc) is 2.96. The van der Waals surface area contributed by atoms with Crippen LogP contribution in [0.3, 0.4) is 0 Å². The Morgan fingerprint density at radius 3 is 1.81 bits per heavy atom. The molecule has 0 spiro atoms. The molecular formula is C19H36N2. The van der Waals surface area contributed by atoms with E-state index in [-0.39, 0.29) is 0 Å². The molecule has 0 saturated heterocycles. The third kappa shape index (κ3) is 9.60. The fraction of sp³-hybridized carbons (Fsp3) is 0.789. The molecule has 0 aromatic carbocycles. The molecule has 1 heterocycles. The van der Waals surface area contributed by atoms with Gasteiger partial charge >= 0.3 is 0 Å². The van der Waals surface area contributed by atoms with E-state index in [1.54, 1.807) is 0 Å². The number of hydrogen-bond donors (Lipinski definition) is 0. The molecule has 2 heteroatoms. The van der Waals surface area contributed by atoms with Gasteiger partial charge in [-0.2, -0.15) is 0 Å². The van der Waals surface area contributed by atoms with E-state index >= 15 is 0 Å². The molecule has 0 bridgehead atoms. The van der Waals surface area contributed by atoms with Crippen molar-refractivity contribution in [1.29, 1.82) is 0 Å². The summed E-state index contributed by atoms with van der Waals surface area (Å²) >= 11 is 0. The number of hydrogen-bond acceptors (Lipinski definition) is 2. The highest BCUT2D eigenvalue weighted by atomic mass is 15.3. The molecule has 0 radical (unpaired) electrons. The second kappa shape index (κ2) is 12.8. The molecule has 0 amide bonds. The predicted octanol–water partition coefficient (Wildman–Crippen LogP) is 5.88. The summed E-state index contributed by atoms with van der Waals surface area (Å²) in [6.45, 7) is 8.26. The van der Waals surface area contributed by atoms with E-state index in [1.807, 2.05) is 6.20 Å². The lowest BCUT2D eigenvalue weighted by Gasteiger charge is -2.18. The second-order valence-corrected chi connectivity index (χ2v) is 6.34. The van der Waals surface area contributed by atoms with Gasteiger partial charge in [0.15, 0.2) is 0 Å². The molecule has 21 heavy (non-hydrogen) atoms. The average molecular weight is 293 g/mol. The van der Waals surface area contributed by atoms with Gasteiger partial charge in [0.25, 0.3) is 0 Å². The van der Waals surface area contributed by atoms with Crippen LogP contribution in [-0.2, 0) is 0 Å². The first-order chi connectivity index (χ1) is 10.4. The minimum atomic E-state index is 0.988. The lowest BCUT2D eigenvalue weighted by atomic mass is 10.1. The van der Waals surface area contributed by atoms with Crippen LogP contribution in [0.15, 0.2) is 25.2 Å². The van der Waals surface area contributed by atoms with Crippen molar-refractivity contribution in [2.75, 3.05) is 13.2 Å². The molecule has 0 fully saturated rings. The van der Waals surface area contributed by atoms with Crippen LogP contribution in [0.4, 0.5) is 0 Å². The monoisotopic (exact) mass is 292 g/mol. The Bertz CT molecular complexity index is 273. The highest BCUT2D eigenvalue weighted by Gasteiger charge is 2.08. The van der Waals surface area contributed by atoms with Gasteiger partial charge in [0.1, 0.15) is 0 Å². The first kappa shape index (κ1) is 18.1. The lowest BCUT2D eigenvalue weighted by Crippen LogP contribution is -2.22. The van der Waals surface area contributed by atoms with Gasteiger partial charge in [-0.25, -0.2) is 0 Å². The summed E-state index contributed by atoms with van der Waals surface area (Å²) < 4.78 is 0. The summed E-state index contributed by atoms with van der Waals surface area (Å²) in [7, 11) is 0. The standard InChI is InChI=1S/C19H36N2/c1-3-5-6-7-8-9-10-11-12-13-14-15-16-21-18-17-20(4-2)19-21/h4,17-18H,2-3,5-16,19H2,1H3. The van der Waals surface area contributed by atoms with E-state index in [9.17, 15) is 0 Å². The molecule has 1 aliphatic heterocycles. The van der Waals surface area contributed by atoms with Crippen molar-refractivity contribution >= 4 is 0 Å². The van der Waals surface area contributed by atoms with Gasteiger partial charge in [-0.1, -0.05) is 84.1 Å². The van der Waals surface area contributed by atoms with Crippen LogP contribution >= 0.6 is 0 Å². The zero-order valence-electron chi connectivity index (χ0n) is 14.2. The Kier molecular flexibility index (Phi) is 11.0. The summed E-state index contributed by atoms with van der Waals surface area (Å²) in [5.41, 5.74) is 0. The largest absolute Gasteiger partial charge is 0.358 e. The number of nitrogens with zero attached hydrogens (tertiary/aromatic N) is 2. The van der Waals surface area contributed by atoms with Gasteiger partial charge in [0, 0.05) is 18.9 Å². The summed E-state index contributed by atoms with van der Waals surface area (Å²) in [5.74, 6) is 0. The van der Waals surface area contributed by atoms with E-state index in [0.29, 0.717) is 0 Å². The van der Waals surface area contributed by atoms with Gasteiger partial charge in [-0.05, 0) is 12.6 Å². The third-order valence-corrected chi connectivity index (χ3v) is 4.35. The molecule has 1 aliphatic rings. The summed E-state index contributed by atoms with van der Waals surface area (Å²) in [6, 6.07) is 0. The summed E-state index contributed by atoms with van der Waals surface area (Å²) in [4.78, 5) is 4.50. The van der Waals surface area contributed by atoms with Crippen LogP contribution in [-0.4, -0.2) is 23.0 Å². The van der Waals surface area contributed by atoms with E-state index in [2.05, 4.69) is 35.7 Å². The number of unbranched alkanes of at least 4 members (excludes halogenated alkanes) is 11. The Balaban J connectivity index is 1.75. The van der Waals surface area contributed by atoms with Crippen molar-refractivity contribution in [1.82, 2.24) is 9.80 Å². The maximum absolute atomic E-state index is 3.79. The molecule has 2 nitrogen and oxygen atoms in total. The highest BCUT2D eigenvalue weighted by molar-refractivity contribution is 4.94. The van der Waals surface area contributed by atoms with Crippen molar-refractivity contribution in [3.63, 3.8) is 0 Å². The van der Waals surface area contributed by atoms with Crippen molar-refractivity contribution in [3.8, 4) is 0 Å². The molecule has 0 unspecified atom stereocenters. The van der Waals surface area contributed by atoms with E-state index < -0.39 is 0 Å². The molecule has 0 N–H and O–H groups in total. The van der Waals surface area contributed by atoms with Crippen LogP contribution in [0.1, 0.15) is 84.0 Å². The minimum Gasteiger partial charge on any atom is -0.358 e. The third-order valence-electron chi connectivity index (χ3n) is 4.35. The molecule has 1 rings (SSSR count). The zero-order chi connectivity index (χ0) is 15.2. The molecule has 0 saturated carbocycles. The minimum absolute atomic E-state index is 0.988. The quantitative estimate of drug-likeness (QED) is 0.369.